The van der Waals surface area contributed by atoms with Gasteiger partial charge in [0, 0.05) is 12.6 Å². The molecular formula is C14H21NO. The quantitative estimate of drug-likeness (QED) is 0.826. The van der Waals surface area contributed by atoms with E-state index in [0.29, 0.717) is 5.92 Å². The molecule has 2 nitrogen and oxygen atoms in total. The molecule has 0 aromatic heterocycles. The third kappa shape index (κ3) is 2.45. The van der Waals surface area contributed by atoms with Crippen molar-refractivity contribution in [2.24, 2.45) is 11.7 Å². The molecule has 16 heavy (non-hydrogen) atoms. The van der Waals surface area contributed by atoms with Crippen molar-refractivity contribution in [3.63, 3.8) is 0 Å². The van der Waals surface area contributed by atoms with Crippen LogP contribution >= 0.6 is 0 Å². The molecule has 1 aromatic rings. The fourth-order valence-electron chi connectivity index (χ4n) is 2.32. The van der Waals surface area contributed by atoms with Gasteiger partial charge in [0.05, 0.1) is 6.10 Å². The maximum atomic E-state index is 6.32. The summed E-state index contributed by atoms with van der Waals surface area (Å²) in [4.78, 5) is 0. The minimum atomic E-state index is 0.0662. The van der Waals surface area contributed by atoms with Crippen LogP contribution in [-0.4, -0.2) is 12.6 Å². The highest BCUT2D eigenvalue weighted by Crippen LogP contribution is 2.35. The molecule has 0 aliphatic heterocycles. The van der Waals surface area contributed by atoms with E-state index in [9.17, 15) is 0 Å². The maximum Gasteiger partial charge on any atom is 0.0978 e. The molecule has 0 radical (unpaired) electrons. The van der Waals surface area contributed by atoms with Gasteiger partial charge in [-0.05, 0) is 31.2 Å². The Hall–Kier alpha value is -0.860. The van der Waals surface area contributed by atoms with Crippen LogP contribution in [0.3, 0.4) is 0 Å². The van der Waals surface area contributed by atoms with Crippen molar-refractivity contribution in [3.05, 3.63) is 35.9 Å². The van der Waals surface area contributed by atoms with Gasteiger partial charge in [0.15, 0.2) is 0 Å². The smallest absolute Gasteiger partial charge is 0.0978 e. The fraction of sp³-hybridized carbons (Fsp3) is 0.571. The SMILES string of the molecule is CCOC(c1ccccc1)C(N)C1CCC1. The molecule has 1 saturated carbocycles. The van der Waals surface area contributed by atoms with Crippen LogP contribution in [0.1, 0.15) is 37.9 Å². The van der Waals surface area contributed by atoms with Crippen LogP contribution in [0.2, 0.25) is 0 Å². The lowest BCUT2D eigenvalue weighted by atomic mass is 9.77. The summed E-state index contributed by atoms with van der Waals surface area (Å²) in [6.45, 7) is 2.75. The second-order valence-corrected chi connectivity index (χ2v) is 4.55. The van der Waals surface area contributed by atoms with E-state index in [0.717, 1.165) is 6.61 Å². The zero-order valence-electron chi connectivity index (χ0n) is 9.93. The standard InChI is InChI=1S/C14H21NO/c1-2-16-14(12-7-4-3-5-8-12)13(15)11-9-6-10-11/h3-5,7-8,11,13-14H,2,6,9-10,15H2,1H3. The second-order valence-electron chi connectivity index (χ2n) is 4.55. The molecule has 2 heteroatoms. The molecule has 0 amide bonds. The van der Waals surface area contributed by atoms with E-state index in [1.807, 2.05) is 13.0 Å². The van der Waals surface area contributed by atoms with Gasteiger partial charge in [0.25, 0.3) is 0 Å². The summed E-state index contributed by atoms with van der Waals surface area (Å²) in [7, 11) is 0. The number of hydrogen-bond donors (Lipinski definition) is 1. The minimum absolute atomic E-state index is 0.0662. The van der Waals surface area contributed by atoms with Crippen molar-refractivity contribution in [3.8, 4) is 0 Å². The number of nitrogens with two attached hydrogens (primary N) is 1. The Morgan fingerprint density at radius 2 is 2.00 bits per heavy atom. The molecular weight excluding hydrogens is 198 g/mol. The lowest BCUT2D eigenvalue weighted by Gasteiger charge is -2.36. The van der Waals surface area contributed by atoms with E-state index in [1.54, 1.807) is 0 Å². The first-order chi connectivity index (χ1) is 7.83. The van der Waals surface area contributed by atoms with Crippen LogP contribution in [0.5, 0.6) is 0 Å². The lowest BCUT2D eigenvalue weighted by Crippen LogP contribution is -2.40. The number of rotatable bonds is 5. The van der Waals surface area contributed by atoms with Crippen molar-refractivity contribution in [1.29, 1.82) is 0 Å². The first kappa shape index (κ1) is 11.6. The monoisotopic (exact) mass is 219 g/mol. The number of ether oxygens (including phenoxy) is 1. The molecule has 0 heterocycles. The lowest BCUT2D eigenvalue weighted by molar-refractivity contribution is 0.0154. The van der Waals surface area contributed by atoms with Crippen LogP contribution in [0.4, 0.5) is 0 Å². The molecule has 1 aromatic carbocycles. The molecule has 88 valence electrons. The Morgan fingerprint density at radius 3 is 2.50 bits per heavy atom. The Kier molecular flexibility index (Phi) is 3.97. The third-order valence-corrected chi connectivity index (χ3v) is 3.52. The van der Waals surface area contributed by atoms with E-state index in [2.05, 4.69) is 24.3 Å². The summed E-state index contributed by atoms with van der Waals surface area (Å²) < 4.78 is 5.82. The molecule has 0 bridgehead atoms. The van der Waals surface area contributed by atoms with Gasteiger partial charge in [-0.1, -0.05) is 36.8 Å². The van der Waals surface area contributed by atoms with Crippen LogP contribution in [0.15, 0.2) is 30.3 Å². The molecule has 2 N–H and O–H groups in total. The molecule has 2 unspecified atom stereocenters. The van der Waals surface area contributed by atoms with Gasteiger partial charge >= 0.3 is 0 Å². The van der Waals surface area contributed by atoms with E-state index in [-0.39, 0.29) is 12.1 Å². The highest BCUT2D eigenvalue weighted by Gasteiger charge is 2.31. The largest absolute Gasteiger partial charge is 0.372 e. The van der Waals surface area contributed by atoms with Crippen molar-refractivity contribution in [2.75, 3.05) is 6.61 Å². The fourth-order valence-corrected chi connectivity index (χ4v) is 2.32. The van der Waals surface area contributed by atoms with Gasteiger partial charge in [0.1, 0.15) is 0 Å². The van der Waals surface area contributed by atoms with Crippen LogP contribution in [0, 0.1) is 5.92 Å². The number of benzene rings is 1. The van der Waals surface area contributed by atoms with Crippen molar-refractivity contribution >= 4 is 0 Å². The molecule has 2 rings (SSSR count). The summed E-state index contributed by atoms with van der Waals surface area (Å²) in [5.41, 5.74) is 7.53. The normalized spacial score (nSPS) is 20.1. The maximum absolute atomic E-state index is 6.32. The first-order valence-electron chi connectivity index (χ1n) is 6.25. The zero-order valence-corrected chi connectivity index (χ0v) is 9.93. The van der Waals surface area contributed by atoms with Gasteiger partial charge < -0.3 is 10.5 Å². The van der Waals surface area contributed by atoms with Crippen molar-refractivity contribution in [2.45, 2.75) is 38.3 Å². The summed E-state index contributed by atoms with van der Waals surface area (Å²) in [5.74, 6) is 0.650. The molecule has 1 aliphatic rings. The minimum Gasteiger partial charge on any atom is -0.372 e. The Bertz CT molecular complexity index is 308. The average molecular weight is 219 g/mol. The Labute approximate surface area is 97.8 Å². The van der Waals surface area contributed by atoms with E-state index < -0.39 is 0 Å². The molecule has 0 spiro atoms. The summed E-state index contributed by atoms with van der Waals surface area (Å²) in [6.07, 6.45) is 3.91. The van der Waals surface area contributed by atoms with Gasteiger partial charge in [0.2, 0.25) is 0 Å². The van der Waals surface area contributed by atoms with Gasteiger partial charge in [-0.3, -0.25) is 0 Å². The van der Waals surface area contributed by atoms with Crippen molar-refractivity contribution < 1.29 is 4.74 Å². The topological polar surface area (TPSA) is 35.2 Å². The predicted octanol–water partition coefficient (Wildman–Crippen LogP) is 2.89. The first-order valence-corrected chi connectivity index (χ1v) is 6.25. The van der Waals surface area contributed by atoms with Crippen LogP contribution in [0.25, 0.3) is 0 Å². The molecule has 2 atom stereocenters. The zero-order chi connectivity index (χ0) is 11.4. The highest BCUT2D eigenvalue weighted by atomic mass is 16.5. The van der Waals surface area contributed by atoms with Crippen LogP contribution in [-0.2, 0) is 4.74 Å². The Morgan fingerprint density at radius 1 is 1.31 bits per heavy atom. The summed E-state index contributed by atoms with van der Waals surface area (Å²) in [6, 6.07) is 10.5. The van der Waals surface area contributed by atoms with Crippen LogP contribution < -0.4 is 5.73 Å². The van der Waals surface area contributed by atoms with Gasteiger partial charge in [-0.15, -0.1) is 0 Å². The van der Waals surface area contributed by atoms with E-state index >= 15 is 0 Å². The molecule has 1 aliphatic carbocycles. The average Bonchev–Trinajstić information content (AvgIpc) is 2.24. The summed E-state index contributed by atoms with van der Waals surface area (Å²) >= 11 is 0. The number of hydrogen-bond acceptors (Lipinski definition) is 2. The molecule has 0 saturated heterocycles. The van der Waals surface area contributed by atoms with E-state index in [1.165, 1.54) is 24.8 Å². The molecule has 1 fully saturated rings. The van der Waals surface area contributed by atoms with E-state index in [4.69, 9.17) is 10.5 Å². The second kappa shape index (κ2) is 5.46. The van der Waals surface area contributed by atoms with Gasteiger partial charge in [-0.2, -0.15) is 0 Å². The Balaban J connectivity index is 2.09. The van der Waals surface area contributed by atoms with Gasteiger partial charge in [-0.25, -0.2) is 0 Å². The highest BCUT2D eigenvalue weighted by molar-refractivity contribution is 5.19. The van der Waals surface area contributed by atoms with Crippen molar-refractivity contribution in [1.82, 2.24) is 0 Å². The third-order valence-electron chi connectivity index (χ3n) is 3.52. The predicted molar refractivity (Wildman–Crippen MR) is 66.1 cm³/mol. The summed E-state index contributed by atoms with van der Waals surface area (Å²) in [5, 5.41) is 0.